The highest BCUT2D eigenvalue weighted by molar-refractivity contribution is 5.08. The Hall–Kier alpha value is -1.35. The van der Waals surface area contributed by atoms with Gasteiger partial charge in [-0.15, -0.1) is 6.42 Å². The molecule has 0 aromatic rings. The van der Waals surface area contributed by atoms with Gasteiger partial charge in [-0.25, -0.2) is 0 Å². The van der Waals surface area contributed by atoms with Crippen LogP contribution < -0.4 is 0 Å². The van der Waals surface area contributed by atoms with Crippen molar-refractivity contribution in [2.45, 2.75) is 38.8 Å². The summed E-state index contributed by atoms with van der Waals surface area (Å²) in [6.45, 7) is 6.90. The highest BCUT2D eigenvalue weighted by Crippen LogP contribution is 2.13. The first-order chi connectivity index (χ1) is 5.33. The number of terminal acetylenes is 1. The Bertz CT molecular complexity index is 232. The van der Waals surface area contributed by atoms with Crippen LogP contribution in [-0.2, 0) is 0 Å². The van der Waals surface area contributed by atoms with E-state index in [4.69, 9.17) is 11.7 Å². The molecule has 3 heteroatoms. The highest BCUT2D eigenvalue weighted by Gasteiger charge is 2.18. The summed E-state index contributed by atoms with van der Waals surface area (Å²) in [6, 6.07) is 2.01. The largest absolute Gasteiger partial charge is 0.196 e. The molecule has 0 aromatic heterocycles. The van der Waals surface area contributed by atoms with E-state index in [0.29, 0.717) is 0 Å². The van der Waals surface area contributed by atoms with E-state index in [0.717, 1.165) is 0 Å². The van der Waals surface area contributed by atoms with Crippen molar-refractivity contribution >= 4 is 0 Å². The van der Waals surface area contributed by atoms with Gasteiger partial charge in [0.25, 0.3) is 0 Å². The van der Waals surface area contributed by atoms with Gasteiger partial charge in [0.15, 0.2) is 5.54 Å². The predicted octanol–water partition coefficient (Wildman–Crippen LogP) is 2.15. The van der Waals surface area contributed by atoms with Gasteiger partial charge in [-0.05, 0) is 27.7 Å². The van der Waals surface area contributed by atoms with Crippen molar-refractivity contribution in [3.8, 4) is 18.4 Å². The Morgan fingerprint density at radius 2 is 1.50 bits per heavy atom. The van der Waals surface area contributed by atoms with Crippen molar-refractivity contribution in [1.29, 1.82) is 5.26 Å². The Morgan fingerprint density at radius 1 is 1.08 bits per heavy atom. The molecule has 12 heavy (non-hydrogen) atoms. The molecular weight excluding hydrogens is 150 g/mol. The lowest BCUT2D eigenvalue weighted by Crippen LogP contribution is -2.17. The third-order valence-corrected chi connectivity index (χ3v) is 1.18. The van der Waals surface area contributed by atoms with Gasteiger partial charge >= 0.3 is 0 Å². The van der Waals surface area contributed by atoms with E-state index < -0.39 is 11.1 Å². The third-order valence-electron chi connectivity index (χ3n) is 1.18. The molecule has 0 atom stereocenters. The van der Waals surface area contributed by atoms with Gasteiger partial charge < -0.3 is 0 Å². The second-order valence-electron chi connectivity index (χ2n) is 3.57. The fourth-order valence-corrected chi connectivity index (χ4v) is 0.301. The maximum Gasteiger partial charge on any atom is 0.162 e. The third kappa shape index (κ3) is 3.73. The number of hydrogen-bond donors (Lipinski definition) is 0. The van der Waals surface area contributed by atoms with Crippen molar-refractivity contribution < 1.29 is 0 Å². The standard InChI is InChI=1S/C9H13N3/c1-6-8(2,3)11-12-9(4,5)7-10/h1H,2-5H3. The maximum atomic E-state index is 8.61. The van der Waals surface area contributed by atoms with Gasteiger partial charge in [-0.2, -0.15) is 15.5 Å². The molecule has 0 N–H and O–H groups in total. The molecule has 3 nitrogen and oxygen atoms in total. The fourth-order valence-electron chi connectivity index (χ4n) is 0.301. The van der Waals surface area contributed by atoms with Crippen LogP contribution in [0.15, 0.2) is 10.2 Å². The van der Waals surface area contributed by atoms with Gasteiger partial charge in [0.2, 0.25) is 0 Å². The van der Waals surface area contributed by atoms with Crippen LogP contribution in [0.1, 0.15) is 27.7 Å². The fraction of sp³-hybridized carbons (Fsp3) is 0.667. The van der Waals surface area contributed by atoms with E-state index in [1.165, 1.54) is 0 Å². The molecule has 0 amide bonds. The van der Waals surface area contributed by atoms with E-state index in [2.05, 4.69) is 16.1 Å². The number of nitrogens with zero attached hydrogens (tertiary/aromatic N) is 3. The van der Waals surface area contributed by atoms with Gasteiger partial charge in [0.1, 0.15) is 5.54 Å². The summed E-state index contributed by atoms with van der Waals surface area (Å²) in [5, 5.41) is 16.3. The molecule has 0 radical (unpaired) electrons. The number of nitriles is 1. The zero-order valence-corrected chi connectivity index (χ0v) is 7.92. The topological polar surface area (TPSA) is 48.5 Å². The summed E-state index contributed by atoms with van der Waals surface area (Å²) in [7, 11) is 0. The molecule has 0 aliphatic heterocycles. The molecular formula is C9H13N3. The molecule has 0 aliphatic carbocycles. The first-order valence-corrected chi connectivity index (χ1v) is 3.66. The molecule has 0 aromatic carbocycles. The summed E-state index contributed by atoms with van der Waals surface area (Å²) in [5.41, 5.74) is -1.40. The molecule has 0 heterocycles. The van der Waals surface area contributed by atoms with E-state index >= 15 is 0 Å². The quantitative estimate of drug-likeness (QED) is 0.454. The van der Waals surface area contributed by atoms with Gasteiger partial charge in [0, 0.05) is 0 Å². The summed E-state index contributed by atoms with van der Waals surface area (Å²) >= 11 is 0. The second kappa shape index (κ2) is 3.36. The lowest BCUT2D eigenvalue weighted by atomic mass is 10.1. The van der Waals surface area contributed by atoms with Crippen LogP contribution in [-0.4, -0.2) is 11.1 Å². The molecule has 0 fully saturated rings. The lowest BCUT2D eigenvalue weighted by Gasteiger charge is -2.12. The molecule has 0 saturated carbocycles. The Morgan fingerprint density at radius 3 is 1.83 bits per heavy atom. The van der Waals surface area contributed by atoms with Gasteiger partial charge in [0.05, 0.1) is 6.07 Å². The molecule has 0 unspecified atom stereocenters. The van der Waals surface area contributed by atoms with Crippen LogP contribution in [0.3, 0.4) is 0 Å². The summed E-state index contributed by atoms with van der Waals surface area (Å²) in [4.78, 5) is 0. The van der Waals surface area contributed by atoms with Crippen molar-refractivity contribution in [3.05, 3.63) is 0 Å². The smallest absolute Gasteiger partial charge is 0.162 e. The van der Waals surface area contributed by atoms with Crippen molar-refractivity contribution in [2.75, 3.05) is 0 Å². The van der Waals surface area contributed by atoms with Crippen molar-refractivity contribution in [3.63, 3.8) is 0 Å². The Kier molecular flexibility index (Phi) is 2.99. The molecule has 0 rings (SSSR count). The van der Waals surface area contributed by atoms with E-state index in [9.17, 15) is 0 Å². The predicted molar refractivity (Wildman–Crippen MR) is 47.5 cm³/mol. The Labute approximate surface area is 73.5 Å². The Balaban J connectivity index is 4.50. The zero-order chi connectivity index (χ0) is 9.83. The average molecular weight is 163 g/mol. The monoisotopic (exact) mass is 163 g/mol. The minimum absolute atomic E-state index is 0.617. The van der Waals surface area contributed by atoms with Crippen LogP contribution in [0.25, 0.3) is 0 Å². The van der Waals surface area contributed by atoms with E-state index in [-0.39, 0.29) is 0 Å². The molecule has 0 spiro atoms. The van der Waals surface area contributed by atoms with Crippen LogP contribution in [0.5, 0.6) is 0 Å². The second-order valence-corrected chi connectivity index (χ2v) is 3.57. The highest BCUT2D eigenvalue weighted by atomic mass is 15.2. The maximum absolute atomic E-state index is 8.61. The van der Waals surface area contributed by atoms with Gasteiger partial charge in [-0.3, -0.25) is 0 Å². The van der Waals surface area contributed by atoms with Crippen molar-refractivity contribution in [1.82, 2.24) is 0 Å². The first kappa shape index (κ1) is 10.7. The first-order valence-electron chi connectivity index (χ1n) is 3.66. The van der Waals surface area contributed by atoms with Crippen LogP contribution >= 0.6 is 0 Å². The number of azo groups is 1. The summed E-state index contributed by atoms with van der Waals surface area (Å²) in [6.07, 6.45) is 5.19. The number of rotatable bonds is 2. The zero-order valence-electron chi connectivity index (χ0n) is 7.92. The van der Waals surface area contributed by atoms with Crippen LogP contribution in [0, 0.1) is 23.7 Å². The normalized spacial score (nSPS) is 12.5. The van der Waals surface area contributed by atoms with Crippen LogP contribution in [0.2, 0.25) is 0 Å². The van der Waals surface area contributed by atoms with E-state index in [1.807, 2.05) is 6.07 Å². The van der Waals surface area contributed by atoms with Crippen LogP contribution in [0.4, 0.5) is 0 Å². The summed E-state index contributed by atoms with van der Waals surface area (Å²) in [5.74, 6) is 2.47. The minimum Gasteiger partial charge on any atom is -0.196 e. The number of hydrogen-bond acceptors (Lipinski definition) is 3. The molecule has 0 bridgehead atoms. The lowest BCUT2D eigenvalue weighted by molar-refractivity contribution is 0.545. The average Bonchev–Trinajstić information content (AvgIpc) is 2.02. The SMILES string of the molecule is C#CC(C)(C)N=NC(C)(C)C#N. The molecule has 0 aliphatic rings. The van der Waals surface area contributed by atoms with E-state index in [1.54, 1.807) is 27.7 Å². The molecule has 64 valence electrons. The molecule has 0 saturated heterocycles. The minimum atomic E-state index is -0.784. The van der Waals surface area contributed by atoms with Gasteiger partial charge in [-0.1, -0.05) is 5.92 Å². The summed E-state index contributed by atoms with van der Waals surface area (Å²) < 4.78 is 0. The van der Waals surface area contributed by atoms with Crippen molar-refractivity contribution in [2.24, 2.45) is 10.2 Å².